The van der Waals surface area contributed by atoms with Crippen LogP contribution in [0.15, 0.2) is 60.7 Å². The summed E-state index contributed by atoms with van der Waals surface area (Å²) in [5.41, 5.74) is 4.10. The summed E-state index contributed by atoms with van der Waals surface area (Å²) in [7, 11) is 0. The van der Waals surface area contributed by atoms with Gasteiger partial charge in [-0.1, -0.05) is 36.4 Å². The lowest BCUT2D eigenvalue weighted by Gasteiger charge is -2.09. The van der Waals surface area contributed by atoms with Crippen LogP contribution in [0.5, 0.6) is 11.6 Å². The van der Waals surface area contributed by atoms with E-state index in [0.717, 1.165) is 16.8 Å². The van der Waals surface area contributed by atoms with Gasteiger partial charge in [0, 0.05) is 11.6 Å². The van der Waals surface area contributed by atoms with Gasteiger partial charge in [0.25, 0.3) is 5.91 Å². The van der Waals surface area contributed by atoms with E-state index in [1.54, 1.807) is 6.07 Å². The maximum atomic E-state index is 11.9. The van der Waals surface area contributed by atoms with E-state index in [9.17, 15) is 4.79 Å². The average molecular weight is 377 g/mol. The molecule has 0 bridgehead atoms. The maximum Gasteiger partial charge on any atom is 0.258 e. The van der Waals surface area contributed by atoms with E-state index < -0.39 is 0 Å². The topological polar surface area (TPSA) is 73.3 Å². The van der Waals surface area contributed by atoms with E-state index in [-0.39, 0.29) is 12.5 Å². The number of hydrogen-bond donors (Lipinski definition) is 1. The van der Waals surface area contributed by atoms with Gasteiger partial charge in [0.15, 0.2) is 6.61 Å². The number of ether oxygens (including phenoxy) is 2. The number of rotatable bonds is 8. The number of nitrogens with one attached hydrogen (secondary N) is 1. The summed E-state index contributed by atoms with van der Waals surface area (Å²) in [4.78, 5) is 11.9. The fourth-order valence-electron chi connectivity index (χ4n) is 2.51. The zero-order chi connectivity index (χ0) is 19.8. The maximum absolute atomic E-state index is 11.9. The minimum atomic E-state index is -0.202. The molecule has 6 heteroatoms. The Labute approximate surface area is 164 Å². The Balaban J connectivity index is 1.37. The van der Waals surface area contributed by atoms with Crippen LogP contribution in [0, 0.1) is 13.8 Å². The van der Waals surface area contributed by atoms with Crippen molar-refractivity contribution in [3.63, 3.8) is 0 Å². The minimum Gasteiger partial charge on any atom is -0.484 e. The van der Waals surface area contributed by atoms with Gasteiger partial charge in [-0.15, -0.1) is 10.2 Å². The van der Waals surface area contributed by atoms with E-state index in [1.165, 1.54) is 5.56 Å². The summed E-state index contributed by atoms with van der Waals surface area (Å²) in [6.07, 6.45) is 0. The van der Waals surface area contributed by atoms with Gasteiger partial charge in [-0.2, -0.15) is 0 Å². The van der Waals surface area contributed by atoms with Crippen LogP contribution in [0.3, 0.4) is 0 Å². The second-order valence-corrected chi connectivity index (χ2v) is 6.36. The molecule has 28 heavy (non-hydrogen) atoms. The summed E-state index contributed by atoms with van der Waals surface area (Å²) >= 11 is 0. The normalized spacial score (nSPS) is 10.4. The van der Waals surface area contributed by atoms with E-state index >= 15 is 0 Å². The van der Waals surface area contributed by atoms with Crippen molar-refractivity contribution in [2.24, 2.45) is 0 Å². The van der Waals surface area contributed by atoms with Crippen LogP contribution in [-0.2, 0) is 4.79 Å². The highest BCUT2D eigenvalue weighted by molar-refractivity contribution is 5.77. The van der Waals surface area contributed by atoms with E-state index in [1.807, 2.05) is 68.4 Å². The highest BCUT2D eigenvalue weighted by Crippen LogP contribution is 2.17. The summed E-state index contributed by atoms with van der Waals surface area (Å²) in [6.45, 7) is 4.67. The zero-order valence-corrected chi connectivity index (χ0v) is 16.0. The highest BCUT2D eigenvalue weighted by Gasteiger charge is 2.05. The summed E-state index contributed by atoms with van der Waals surface area (Å²) in [5, 5.41) is 11.0. The predicted octanol–water partition coefficient (Wildman–Crippen LogP) is 3.33. The van der Waals surface area contributed by atoms with Crippen molar-refractivity contribution in [2.75, 3.05) is 19.8 Å². The molecule has 0 fully saturated rings. The molecule has 0 spiro atoms. The number of hydrogen-bond acceptors (Lipinski definition) is 5. The standard InChI is InChI=1S/C22H23N3O3/c1-16-8-9-19(14-17(16)2)28-15-21(26)23-12-13-27-22-11-10-20(24-25-22)18-6-4-3-5-7-18/h3-11,14H,12-13,15H2,1-2H3,(H,23,26). The average Bonchev–Trinajstić information content (AvgIpc) is 2.73. The van der Waals surface area contributed by atoms with Crippen LogP contribution in [-0.4, -0.2) is 35.9 Å². The number of aromatic nitrogens is 2. The Bertz CT molecular complexity index is 912. The molecule has 3 rings (SSSR count). The van der Waals surface area contributed by atoms with Crippen LogP contribution >= 0.6 is 0 Å². The molecule has 1 amide bonds. The number of amides is 1. The molecule has 2 aromatic carbocycles. The molecular formula is C22H23N3O3. The quantitative estimate of drug-likeness (QED) is 0.610. The fraction of sp³-hybridized carbons (Fsp3) is 0.227. The van der Waals surface area contributed by atoms with Gasteiger partial charge in [0.1, 0.15) is 12.4 Å². The molecule has 0 aliphatic rings. The van der Waals surface area contributed by atoms with Crippen LogP contribution in [0.25, 0.3) is 11.3 Å². The summed E-state index contributed by atoms with van der Waals surface area (Å²) in [6, 6.07) is 19.2. The van der Waals surface area contributed by atoms with Crippen molar-refractivity contribution in [3.8, 4) is 22.9 Å². The lowest BCUT2D eigenvalue weighted by molar-refractivity contribution is -0.123. The third kappa shape index (κ3) is 5.54. The number of nitrogens with zero attached hydrogens (tertiary/aromatic N) is 2. The molecular weight excluding hydrogens is 354 g/mol. The summed E-state index contributed by atoms with van der Waals surface area (Å²) < 4.78 is 11.0. The van der Waals surface area contributed by atoms with Gasteiger partial charge < -0.3 is 14.8 Å². The Morgan fingerprint density at radius 2 is 1.75 bits per heavy atom. The number of carbonyl (C=O) groups is 1. The Morgan fingerprint density at radius 3 is 2.46 bits per heavy atom. The Hall–Kier alpha value is -3.41. The molecule has 1 N–H and O–H groups in total. The predicted molar refractivity (Wildman–Crippen MR) is 107 cm³/mol. The highest BCUT2D eigenvalue weighted by atomic mass is 16.5. The first-order valence-electron chi connectivity index (χ1n) is 9.10. The first kappa shape index (κ1) is 19.4. The second-order valence-electron chi connectivity index (χ2n) is 6.36. The van der Waals surface area contributed by atoms with Crippen molar-refractivity contribution in [3.05, 3.63) is 71.8 Å². The van der Waals surface area contributed by atoms with Crippen LogP contribution in [0.2, 0.25) is 0 Å². The molecule has 0 aliphatic heterocycles. The lowest BCUT2D eigenvalue weighted by atomic mass is 10.1. The number of carbonyl (C=O) groups excluding carboxylic acids is 1. The molecule has 0 unspecified atom stereocenters. The van der Waals surface area contributed by atoms with E-state index in [4.69, 9.17) is 9.47 Å². The first-order valence-corrected chi connectivity index (χ1v) is 9.10. The molecule has 0 aliphatic carbocycles. The van der Waals surface area contributed by atoms with Gasteiger partial charge in [-0.3, -0.25) is 4.79 Å². The number of aryl methyl sites for hydroxylation is 2. The van der Waals surface area contributed by atoms with Crippen molar-refractivity contribution < 1.29 is 14.3 Å². The smallest absolute Gasteiger partial charge is 0.258 e. The minimum absolute atomic E-state index is 0.0337. The zero-order valence-electron chi connectivity index (χ0n) is 16.0. The van der Waals surface area contributed by atoms with Gasteiger partial charge in [0.2, 0.25) is 5.88 Å². The largest absolute Gasteiger partial charge is 0.484 e. The molecule has 0 radical (unpaired) electrons. The first-order chi connectivity index (χ1) is 13.6. The van der Waals surface area contributed by atoms with Gasteiger partial charge in [-0.25, -0.2) is 0 Å². The van der Waals surface area contributed by atoms with Gasteiger partial charge in [0.05, 0.1) is 12.2 Å². The molecule has 0 atom stereocenters. The van der Waals surface area contributed by atoms with Crippen LogP contribution < -0.4 is 14.8 Å². The van der Waals surface area contributed by atoms with Crippen LogP contribution in [0.4, 0.5) is 0 Å². The Kier molecular flexibility index (Phi) is 6.57. The monoisotopic (exact) mass is 377 g/mol. The lowest BCUT2D eigenvalue weighted by Crippen LogP contribution is -2.32. The molecule has 0 saturated carbocycles. The summed E-state index contributed by atoms with van der Waals surface area (Å²) in [5.74, 6) is 0.899. The van der Waals surface area contributed by atoms with Gasteiger partial charge in [-0.05, 0) is 43.2 Å². The van der Waals surface area contributed by atoms with Crippen molar-refractivity contribution in [1.29, 1.82) is 0 Å². The van der Waals surface area contributed by atoms with Crippen LogP contribution in [0.1, 0.15) is 11.1 Å². The van der Waals surface area contributed by atoms with Crippen molar-refractivity contribution >= 4 is 5.91 Å². The van der Waals surface area contributed by atoms with E-state index in [0.29, 0.717) is 24.8 Å². The third-order valence-electron chi connectivity index (χ3n) is 4.23. The van der Waals surface area contributed by atoms with E-state index in [2.05, 4.69) is 15.5 Å². The molecule has 0 saturated heterocycles. The molecule has 1 heterocycles. The molecule has 6 nitrogen and oxygen atoms in total. The second kappa shape index (κ2) is 9.50. The third-order valence-corrected chi connectivity index (χ3v) is 4.23. The SMILES string of the molecule is Cc1ccc(OCC(=O)NCCOc2ccc(-c3ccccc3)nn2)cc1C. The van der Waals surface area contributed by atoms with Gasteiger partial charge >= 0.3 is 0 Å². The molecule has 144 valence electrons. The van der Waals surface area contributed by atoms with Crippen molar-refractivity contribution in [1.82, 2.24) is 15.5 Å². The van der Waals surface area contributed by atoms with Crippen molar-refractivity contribution in [2.45, 2.75) is 13.8 Å². The molecule has 3 aromatic rings. The number of benzene rings is 2. The molecule has 1 aromatic heterocycles. The Morgan fingerprint density at radius 1 is 0.929 bits per heavy atom. The fourth-order valence-corrected chi connectivity index (χ4v) is 2.51.